The Kier molecular flexibility index (Phi) is 6.66. The molecule has 23 heavy (non-hydrogen) atoms. The number of amides is 1. The number of benzene rings is 2. The zero-order chi connectivity index (χ0) is 16.8. The molecule has 0 fully saturated rings. The number of hydrogen-bond acceptors (Lipinski definition) is 2. The van der Waals surface area contributed by atoms with Crippen LogP contribution in [0.2, 0.25) is 0 Å². The van der Waals surface area contributed by atoms with Gasteiger partial charge in [-0.25, -0.2) is 0 Å². The van der Waals surface area contributed by atoms with Crippen molar-refractivity contribution in [1.29, 1.82) is 0 Å². The second kappa shape index (κ2) is 8.50. The van der Waals surface area contributed by atoms with E-state index in [0.29, 0.717) is 13.0 Å². The van der Waals surface area contributed by atoms with Gasteiger partial charge in [-0.3, -0.25) is 4.79 Å². The first-order valence-electron chi connectivity index (χ1n) is 7.53. The Bertz CT molecular complexity index is 701. The summed E-state index contributed by atoms with van der Waals surface area (Å²) in [4.78, 5) is 11.7. The third-order valence-corrected chi connectivity index (χ3v) is 4.85. The second-order valence-corrected chi connectivity index (χ2v) is 6.78. The van der Waals surface area contributed by atoms with Crippen LogP contribution in [0, 0.1) is 0 Å². The van der Waals surface area contributed by atoms with Gasteiger partial charge in [0.25, 0.3) is 0 Å². The van der Waals surface area contributed by atoms with Crippen LogP contribution in [0.15, 0.2) is 45.3 Å². The molecule has 0 atom stereocenters. The van der Waals surface area contributed by atoms with E-state index >= 15 is 0 Å². The molecular formula is C18H19Br2NO2. The van der Waals surface area contributed by atoms with Gasteiger partial charge in [-0.2, -0.15) is 0 Å². The van der Waals surface area contributed by atoms with Gasteiger partial charge in [0, 0.05) is 22.1 Å². The van der Waals surface area contributed by atoms with E-state index in [1.54, 1.807) is 0 Å². The third-order valence-electron chi connectivity index (χ3n) is 3.49. The van der Waals surface area contributed by atoms with Gasteiger partial charge in [0.05, 0.1) is 4.47 Å². The van der Waals surface area contributed by atoms with E-state index in [4.69, 9.17) is 4.74 Å². The van der Waals surface area contributed by atoms with Gasteiger partial charge in [-0.1, -0.05) is 41.9 Å². The van der Waals surface area contributed by atoms with Crippen LogP contribution < -0.4 is 10.1 Å². The number of carbonyl (C=O) groups is 1. The minimum Gasteiger partial charge on any atom is -0.488 e. The van der Waals surface area contributed by atoms with Crippen molar-refractivity contribution in [3.63, 3.8) is 0 Å². The van der Waals surface area contributed by atoms with Crippen molar-refractivity contribution in [2.75, 3.05) is 5.32 Å². The highest BCUT2D eigenvalue weighted by molar-refractivity contribution is 9.10. The molecule has 2 rings (SSSR count). The summed E-state index contributed by atoms with van der Waals surface area (Å²) in [6.07, 6.45) is 1.42. The Morgan fingerprint density at radius 3 is 2.57 bits per heavy atom. The fraction of sp³-hybridized carbons (Fsp3) is 0.278. The van der Waals surface area contributed by atoms with Crippen molar-refractivity contribution in [3.8, 4) is 5.75 Å². The molecule has 2 aromatic rings. The SMILES string of the molecule is CCC(=O)Nc1cccc(Br)c1COc1ccc(CC)cc1Br. The van der Waals surface area contributed by atoms with Crippen molar-refractivity contribution >= 4 is 43.5 Å². The number of rotatable bonds is 6. The molecule has 0 unspecified atom stereocenters. The van der Waals surface area contributed by atoms with Crippen LogP contribution in [0.3, 0.4) is 0 Å². The maximum absolute atomic E-state index is 11.7. The van der Waals surface area contributed by atoms with Crippen LogP contribution in [-0.2, 0) is 17.8 Å². The Hall–Kier alpha value is -1.33. The quantitative estimate of drug-likeness (QED) is 0.625. The minimum absolute atomic E-state index is 0.0159. The first-order valence-corrected chi connectivity index (χ1v) is 9.12. The topological polar surface area (TPSA) is 38.3 Å². The summed E-state index contributed by atoms with van der Waals surface area (Å²) < 4.78 is 7.77. The summed E-state index contributed by atoms with van der Waals surface area (Å²) in [6, 6.07) is 11.8. The standard InChI is InChI=1S/C18H19Br2NO2/c1-3-12-8-9-17(15(20)10-12)23-11-13-14(19)6-5-7-16(13)21-18(22)4-2/h5-10H,3-4,11H2,1-2H3,(H,21,22). The lowest BCUT2D eigenvalue weighted by molar-refractivity contribution is -0.115. The van der Waals surface area contributed by atoms with E-state index in [0.717, 1.165) is 32.4 Å². The summed E-state index contributed by atoms with van der Waals surface area (Å²) in [5, 5.41) is 2.91. The van der Waals surface area contributed by atoms with Crippen LogP contribution in [0.25, 0.3) is 0 Å². The number of halogens is 2. The maximum Gasteiger partial charge on any atom is 0.224 e. The molecule has 1 N–H and O–H groups in total. The fourth-order valence-corrected chi connectivity index (χ4v) is 3.11. The smallest absolute Gasteiger partial charge is 0.224 e. The van der Waals surface area contributed by atoms with Gasteiger partial charge in [-0.15, -0.1) is 0 Å². The first-order chi connectivity index (χ1) is 11.0. The van der Waals surface area contributed by atoms with Crippen LogP contribution in [0.1, 0.15) is 31.4 Å². The average molecular weight is 441 g/mol. The lowest BCUT2D eigenvalue weighted by atomic mass is 10.1. The van der Waals surface area contributed by atoms with Gasteiger partial charge in [-0.05, 0) is 52.2 Å². The molecule has 0 spiro atoms. The number of carbonyl (C=O) groups excluding carboxylic acids is 1. The van der Waals surface area contributed by atoms with E-state index in [9.17, 15) is 4.79 Å². The van der Waals surface area contributed by atoms with Gasteiger partial charge >= 0.3 is 0 Å². The maximum atomic E-state index is 11.7. The van der Waals surface area contributed by atoms with Crippen LogP contribution in [0.4, 0.5) is 5.69 Å². The zero-order valence-electron chi connectivity index (χ0n) is 13.2. The molecule has 0 aliphatic carbocycles. The molecule has 0 bridgehead atoms. The van der Waals surface area contributed by atoms with Crippen LogP contribution in [0.5, 0.6) is 5.75 Å². The van der Waals surface area contributed by atoms with Crippen LogP contribution in [-0.4, -0.2) is 5.91 Å². The fourth-order valence-electron chi connectivity index (χ4n) is 2.09. The predicted molar refractivity (Wildman–Crippen MR) is 101 cm³/mol. The highest BCUT2D eigenvalue weighted by Crippen LogP contribution is 2.30. The number of ether oxygens (including phenoxy) is 1. The summed E-state index contributed by atoms with van der Waals surface area (Å²) in [5.41, 5.74) is 2.94. The molecule has 5 heteroatoms. The number of aryl methyl sites for hydroxylation is 1. The lowest BCUT2D eigenvalue weighted by Gasteiger charge is -2.15. The summed E-state index contributed by atoms with van der Waals surface area (Å²) in [6.45, 7) is 4.31. The number of hydrogen-bond donors (Lipinski definition) is 1. The molecule has 0 aliphatic heterocycles. The van der Waals surface area contributed by atoms with Gasteiger partial charge in [0.2, 0.25) is 5.91 Å². The second-order valence-electron chi connectivity index (χ2n) is 5.07. The van der Waals surface area contributed by atoms with Crippen molar-refractivity contribution in [1.82, 2.24) is 0 Å². The first kappa shape index (κ1) is 18.0. The molecule has 0 saturated heterocycles. The van der Waals surface area contributed by atoms with E-state index in [2.05, 4.69) is 56.2 Å². The predicted octanol–water partition coefficient (Wildman–Crippen LogP) is 5.70. The Labute approximate surface area is 153 Å². The number of nitrogens with one attached hydrogen (secondary N) is 1. The van der Waals surface area contributed by atoms with E-state index in [1.807, 2.05) is 31.2 Å². The van der Waals surface area contributed by atoms with E-state index in [-0.39, 0.29) is 5.91 Å². The normalized spacial score (nSPS) is 10.4. The highest BCUT2D eigenvalue weighted by atomic mass is 79.9. The number of anilines is 1. The van der Waals surface area contributed by atoms with Crippen LogP contribution >= 0.6 is 31.9 Å². The van der Waals surface area contributed by atoms with Gasteiger partial charge < -0.3 is 10.1 Å². The monoisotopic (exact) mass is 439 g/mol. The van der Waals surface area contributed by atoms with Gasteiger partial charge in [0.15, 0.2) is 0 Å². The zero-order valence-corrected chi connectivity index (χ0v) is 16.3. The molecule has 0 aliphatic rings. The van der Waals surface area contributed by atoms with E-state index < -0.39 is 0 Å². The minimum atomic E-state index is -0.0159. The van der Waals surface area contributed by atoms with E-state index in [1.165, 1.54) is 5.56 Å². The van der Waals surface area contributed by atoms with Gasteiger partial charge in [0.1, 0.15) is 12.4 Å². The largest absolute Gasteiger partial charge is 0.488 e. The van der Waals surface area contributed by atoms with Crippen molar-refractivity contribution < 1.29 is 9.53 Å². The molecule has 3 nitrogen and oxygen atoms in total. The molecule has 1 amide bonds. The molecular weight excluding hydrogens is 422 g/mol. The molecule has 2 aromatic carbocycles. The molecule has 122 valence electrons. The molecule has 0 radical (unpaired) electrons. The molecule has 0 heterocycles. The Morgan fingerprint density at radius 1 is 1.13 bits per heavy atom. The Balaban J connectivity index is 2.18. The summed E-state index contributed by atoms with van der Waals surface area (Å²) in [7, 11) is 0. The Morgan fingerprint density at radius 2 is 1.91 bits per heavy atom. The highest BCUT2D eigenvalue weighted by Gasteiger charge is 2.11. The van der Waals surface area contributed by atoms with Crippen molar-refractivity contribution in [3.05, 3.63) is 56.5 Å². The van der Waals surface area contributed by atoms with Crippen molar-refractivity contribution in [2.24, 2.45) is 0 Å². The third kappa shape index (κ3) is 4.82. The summed E-state index contributed by atoms with van der Waals surface area (Å²) >= 11 is 7.07. The average Bonchev–Trinajstić information content (AvgIpc) is 2.55. The molecule has 0 aromatic heterocycles. The summed E-state index contributed by atoms with van der Waals surface area (Å²) in [5.74, 6) is 0.767. The molecule has 0 saturated carbocycles. The van der Waals surface area contributed by atoms with Crippen molar-refractivity contribution in [2.45, 2.75) is 33.3 Å². The lowest BCUT2D eigenvalue weighted by Crippen LogP contribution is -2.12.